The quantitative estimate of drug-likeness (QED) is 0.212. The summed E-state index contributed by atoms with van der Waals surface area (Å²) >= 11 is 0. The predicted molar refractivity (Wildman–Crippen MR) is 148 cm³/mol. The Hall–Kier alpha value is -3.07. The summed E-state index contributed by atoms with van der Waals surface area (Å²) in [5.41, 5.74) is 3.42. The minimum absolute atomic E-state index is 0.0367. The lowest BCUT2D eigenvalue weighted by Crippen LogP contribution is -2.30. The number of hydrogen-bond acceptors (Lipinski definition) is 2. The van der Waals surface area contributed by atoms with E-state index < -0.39 is 0 Å². The fraction of sp³-hybridized carbons (Fsp3) is 0.424. The molecule has 0 amide bonds. The van der Waals surface area contributed by atoms with Crippen LogP contribution in [0.5, 0.6) is 5.75 Å². The highest BCUT2D eigenvalue weighted by atomic mass is 16.5. The van der Waals surface area contributed by atoms with Crippen LogP contribution in [0.25, 0.3) is 27.5 Å². The molecule has 0 N–H and O–H groups in total. The van der Waals surface area contributed by atoms with Crippen LogP contribution in [0.4, 0.5) is 0 Å². The molecule has 36 heavy (non-hydrogen) atoms. The largest absolute Gasteiger partial charge is 0.426 e. The van der Waals surface area contributed by atoms with Crippen LogP contribution in [0.3, 0.4) is 0 Å². The second-order valence-corrected chi connectivity index (χ2v) is 11.1. The maximum Gasteiger partial charge on any atom is 0.314 e. The summed E-state index contributed by atoms with van der Waals surface area (Å²) in [5, 5.41) is 2.29. The number of benzene rings is 3. The zero-order valence-electron chi connectivity index (χ0n) is 21.4. The van der Waals surface area contributed by atoms with Crippen LogP contribution in [0.15, 0.2) is 72.8 Å². The van der Waals surface area contributed by atoms with E-state index in [2.05, 4.69) is 66.1 Å². The number of carbonyl (C=O) groups excluding carboxylic acids is 1. The van der Waals surface area contributed by atoms with E-state index in [0.717, 1.165) is 52.7 Å². The van der Waals surface area contributed by atoms with Gasteiger partial charge in [0, 0.05) is 16.5 Å². The van der Waals surface area contributed by atoms with Gasteiger partial charge in [-0.25, -0.2) is 0 Å². The zero-order valence-corrected chi connectivity index (χ0v) is 21.4. The fourth-order valence-electron chi connectivity index (χ4n) is 6.96. The average molecular weight is 480 g/mol. The van der Waals surface area contributed by atoms with Crippen molar-refractivity contribution in [1.29, 1.82) is 0 Å². The summed E-state index contributed by atoms with van der Waals surface area (Å²) in [6.45, 7) is 2.33. The molecule has 2 fully saturated rings. The highest BCUT2D eigenvalue weighted by Gasteiger charge is 2.33. The number of carbonyl (C=O) groups is 1. The first kappa shape index (κ1) is 23.3. The Bertz CT molecular complexity index is 1340. The molecule has 1 aromatic heterocycles. The lowest BCUT2D eigenvalue weighted by atomic mass is 9.69. The molecule has 2 aliphatic rings. The Morgan fingerprint density at radius 2 is 1.39 bits per heavy atom. The van der Waals surface area contributed by atoms with Crippen molar-refractivity contribution in [3.63, 3.8) is 0 Å². The van der Waals surface area contributed by atoms with Crippen molar-refractivity contribution in [2.24, 2.45) is 23.7 Å². The van der Waals surface area contributed by atoms with Gasteiger partial charge in [0.05, 0.1) is 17.0 Å². The highest BCUT2D eigenvalue weighted by Crippen LogP contribution is 2.42. The molecule has 186 valence electrons. The van der Waals surface area contributed by atoms with Gasteiger partial charge in [-0.2, -0.15) is 0 Å². The molecule has 2 aliphatic carbocycles. The molecule has 3 nitrogen and oxygen atoms in total. The zero-order chi connectivity index (χ0) is 24.5. The number of hydrogen-bond donors (Lipinski definition) is 0. The summed E-state index contributed by atoms with van der Waals surface area (Å²) < 4.78 is 8.27. The van der Waals surface area contributed by atoms with Crippen molar-refractivity contribution < 1.29 is 9.53 Å². The third-order valence-electron chi connectivity index (χ3n) is 9.12. The third-order valence-corrected chi connectivity index (χ3v) is 9.12. The predicted octanol–water partition coefficient (Wildman–Crippen LogP) is 8.71. The van der Waals surface area contributed by atoms with Crippen LogP contribution >= 0.6 is 0 Å². The number of rotatable bonds is 5. The summed E-state index contributed by atoms with van der Waals surface area (Å²) in [7, 11) is 0. The van der Waals surface area contributed by atoms with Crippen LogP contribution in [0, 0.1) is 23.7 Å². The summed E-state index contributed by atoms with van der Waals surface area (Å²) in [6.07, 6.45) is 11.3. The SMILES string of the molecule is CCC1CCC(C2CCC(C(=O)Oc3ccc4c(c3)c3ccccc3n4-c3ccccc3)CC2)CC1. The molecule has 2 saturated carbocycles. The fourth-order valence-corrected chi connectivity index (χ4v) is 6.96. The summed E-state index contributed by atoms with van der Waals surface area (Å²) in [5.74, 6) is 3.29. The monoisotopic (exact) mass is 479 g/mol. The van der Waals surface area contributed by atoms with Crippen molar-refractivity contribution in [3.05, 3.63) is 72.8 Å². The molecule has 3 heteroatoms. The van der Waals surface area contributed by atoms with Gasteiger partial charge in [-0.3, -0.25) is 4.79 Å². The smallest absolute Gasteiger partial charge is 0.314 e. The van der Waals surface area contributed by atoms with Gasteiger partial charge in [0.1, 0.15) is 5.75 Å². The lowest BCUT2D eigenvalue weighted by Gasteiger charge is -2.37. The molecule has 6 rings (SSSR count). The molecule has 0 bridgehead atoms. The standard InChI is InChI=1S/C33H37NO2/c1-2-23-12-14-24(15-13-23)25-16-18-26(19-17-25)33(35)36-28-20-21-32-30(22-28)29-10-6-7-11-31(29)34(32)27-8-4-3-5-9-27/h3-11,20-26H,2,12-19H2,1H3. The maximum atomic E-state index is 13.1. The molecule has 0 aliphatic heterocycles. The van der Waals surface area contributed by atoms with Crippen molar-refractivity contribution >= 4 is 27.8 Å². The van der Waals surface area contributed by atoms with Crippen LogP contribution in [-0.4, -0.2) is 10.5 Å². The van der Waals surface area contributed by atoms with E-state index in [1.807, 2.05) is 18.2 Å². The van der Waals surface area contributed by atoms with Gasteiger partial charge in [-0.1, -0.05) is 62.6 Å². The molecule has 0 atom stereocenters. The van der Waals surface area contributed by atoms with Gasteiger partial charge < -0.3 is 9.30 Å². The van der Waals surface area contributed by atoms with Crippen LogP contribution < -0.4 is 4.74 Å². The normalized spacial score (nSPS) is 24.7. The van der Waals surface area contributed by atoms with Crippen LogP contribution in [-0.2, 0) is 4.79 Å². The molecule has 0 radical (unpaired) electrons. The van der Waals surface area contributed by atoms with E-state index in [0.29, 0.717) is 5.75 Å². The average Bonchev–Trinajstić information content (AvgIpc) is 3.27. The van der Waals surface area contributed by atoms with Crippen molar-refractivity contribution in [3.8, 4) is 11.4 Å². The van der Waals surface area contributed by atoms with Crippen molar-refractivity contribution in [1.82, 2.24) is 4.57 Å². The first-order valence-corrected chi connectivity index (χ1v) is 14.0. The molecule has 1 heterocycles. The minimum atomic E-state index is -0.0470. The van der Waals surface area contributed by atoms with E-state index in [1.54, 1.807) is 0 Å². The molecule has 0 spiro atoms. The maximum absolute atomic E-state index is 13.1. The minimum Gasteiger partial charge on any atom is -0.426 e. The Balaban J connectivity index is 1.17. The number of esters is 1. The van der Waals surface area contributed by atoms with E-state index in [-0.39, 0.29) is 11.9 Å². The van der Waals surface area contributed by atoms with Gasteiger partial charge in [0.15, 0.2) is 0 Å². The number of para-hydroxylation sites is 2. The molecule has 0 saturated heterocycles. The Morgan fingerprint density at radius 3 is 2.11 bits per heavy atom. The third kappa shape index (κ3) is 4.45. The topological polar surface area (TPSA) is 31.2 Å². The summed E-state index contributed by atoms with van der Waals surface area (Å²) in [6, 6.07) is 25.0. The van der Waals surface area contributed by atoms with Crippen molar-refractivity contribution in [2.75, 3.05) is 0 Å². The first-order chi connectivity index (χ1) is 17.7. The van der Waals surface area contributed by atoms with E-state index in [9.17, 15) is 4.79 Å². The molecular formula is C33H37NO2. The van der Waals surface area contributed by atoms with Gasteiger partial charge in [-0.15, -0.1) is 0 Å². The Kier molecular flexibility index (Phi) is 6.56. The van der Waals surface area contributed by atoms with Gasteiger partial charge in [0.2, 0.25) is 0 Å². The molecule has 0 unspecified atom stereocenters. The molecular weight excluding hydrogens is 442 g/mol. The number of nitrogens with zero attached hydrogens (tertiary/aromatic N) is 1. The summed E-state index contributed by atoms with van der Waals surface area (Å²) in [4.78, 5) is 13.1. The lowest BCUT2D eigenvalue weighted by molar-refractivity contribution is -0.140. The first-order valence-electron chi connectivity index (χ1n) is 14.0. The molecule has 4 aromatic rings. The number of ether oxygens (including phenoxy) is 1. The second kappa shape index (κ2) is 10.1. The van der Waals surface area contributed by atoms with Gasteiger partial charge in [-0.05, 0) is 92.7 Å². The Labute approximate surface area is 214 Å². The van der Waals surface area contributed by atoms with Crippen LogP contribution in [0.2, 0.25) is 0 Å². The van der Waals surface area contributed by atoms with Gasteiger partial charge in [0.25, 0.3) is 0 Å². The highest BCUT2D eigenvalue weighted by molar-refractivity contribution is 6.09. The van der Waals surface area contributed by atoms with Crippen LogP contribution in [0.1, 0.15) is 64.7 Å². The molecule has 3 aromatic carbocycles. The van der Waals surface area contributed by atoms with Crippen molar-refractivity contribution in [2.45, 2.75) is 64.7 Å². The number of aromatic nitrogens is 1. The Morgan fingerprint density at radius 1 is 0.750 bits per heavy atom. The van der Waals surface area contributed by atoms with E-state index in [1.165, 1.54) is 50.3 Å². The second-order valence-electron chi connectivity index (χ2n) is 11.1. The van der Waals surface area contributed by atoms with Gasteiger partial charge >= 0.3 is 5.97 Å². The van der Waals surface area contributed by atoms with E-state index >= 15 is 0 Å². The van der Waals surface area contributed by atoms with E-state index in [4.69, 9.17) is 4.74 Å². The number of fused-ring (bicyclic) bond motifs is 3.